The summed E-state index contributed by atoms with van der Waals surface area (Å²) in [5.41, 5.74) is 4.06. The highest BCUT2D eigenvalue weighted by Crippen LogP contribution is 2.29. The van der Waals surface area contributed by atoms with Gasteiger partial charge in [-0.1, -0.05) is 23.7 Å². The van der Waals surface area contributed by atoms with Gasteiger partial charge < -0.3 is 0 Å². The zero-order valence-electron chi connectivity index (χ0n) is 8.99. The first-order valence-corrected chi connectivity index (χ1v) is 7.13. The molecule has 0 bridgehead atoms. The van der Waals surface area contributed by atoms with Crippen LogP contribution >= 0.6 is 38.9 Å². The lowest BCUT2D eigenvalue weighted by Gasteiger charge is -2.14. The highest BCUT2D eigenvalue weighted by atomic mass is 79.9. The number of thiophene rings is 1. The largest absolute Gasteiger partial charge is 0.271 e. The minimum Gasteiger partial charge on any atom is -0.271 e. The van der Waals surface area contributed by atoms with Gasteiger partial charge in [-0.15, -0.1) is 11.3 Å². The van der Waals surface area contributed by atoms with Crippen LogP contribution < -0.4 is 11.3 Å². The molecule has 1 aromatic heterocycles. The molecule has 2 aromatic rings. The summed E-state index contributed by atoms with van der Waals surface area (Å²) < 4.78 is 1.11. The number of rotatable bonds is 4. The minimum absolute atomic E-state index is 0.132. The standard InChI is InChI=1S/C12H12BrClN2S/c13-12-6-5-11(17-12)10(16-15)7-8-1-3-9(14)4-2-8/h1-6,10,16H,7,15H2. The lowest BCUT2D eigenvalue weighted by molar-refractivity contribution is 0.560. The number of hydrazine groups is 1. The molecule has 1 heterocycles. The number of nitrogens with one attached hydrogen (secondary N) is 1. The number of nitrogens with two attached hydrogens (primary N) is 1. The fourth-order valence-electron chi connectivity index (χ4n) is 1.61. The Morgan fingerprint density at radius 1 is 1.24 bits per heavy atom. The van der Waals surface area contributed by atoms with Crippen LogP contribution in [0.25, 0.3) is 0 Å². The number of benzene rings is 1. The van der Waals surface area contributed by atoms with Gasteiger partial charge in [0.05, 0.1) is 9.83 Å². The van der Waals surface area contributed by atoms with Gasteiger partial charge >= 0.3 is 0 Å². The summed E-state index contributed by atoms with van der Waals surface area (Å²) in [5.74, 6) is 5.61. The molecule has 0 aliphatic rings. The van der Waals surface area contributed by atoms with Crippen molar-refractivity contribution in [1.82, 2.24) is 5.43 Å². The average molecular weight is 332 g/mol. The molecule has 1 atom stereocenters. The van der Waals surface area contributed by atoms with Crippen LogP contribution in [0.3, 0.4) is 0 Å². The van der Waals surface area contributed by atoms with E-state index in [1.807, 2.05) is 30.3 Å². The molecule has 1 aromatic carbocycles. The maximum absolute atomic E-state index is 5.86. The Labute approximate surface area is 118 Å². The Hall–Kier alpha value is -0.390. The Kier molecular flexibility index (Phi) is 4.59. The molecular formula is C12H12BrClN2S. The molecule has 2 nitrogen and oxygen atoms in total. The van der Waals surface area contributed by atoms with Crippen molar-refractivity contribution in [1.29, 1.82) is 0 Å². The molecule has 0 spiro atoms. The number of halogens is 2. The third-order valence-electron chi connectivity index (χ3n) is 2.49. The zero-order valence-corrected chi connectivity index (χ0v) is 12.1. The normalized spacial score (nSPS) is 12.6. The van der Waals surface area contributed by atoms with E-state index in [0.29, 0.717) is 0 Å². The molecule has 3 N–H and O–H groups in total. The summed E-state index contributed by atoms with van der Waals surface area (Å²) in [6.45, 7) is 0. The van der Waals surface area contributed by atoms with E-state index < -0.39 is 0 Å². The Balaban J connectivity index is 2.12. The third-order valence-corrected chi connectivity index (χ3v) is 4.48. The van der Waals surface area contributed by atoms with Gasteiger partial charge in [0.25, 0.3) is 0 Å². The van der Waals surface area contributed by atoms with E-state index in [2.05, 4.69) is 27.4 Å². The van der Waals surface area contributed by atoms with Crippen molar-refractivity contribution >= 4 is 38.9 Å². The van der Waals surface area contributed by atoms with E-state index in [4.69, 9.17) is 17.4 Å². The van der Waals surface area contributed by atoms with Gasteiger partial charge in [0.1, 0.15) is 0 Å². The van der Waals surface area contributed by atoms with Crippen molar-refractivity contribution in [2.24, 2.45) is 5.84 Å². The Morgan fingerprint density at radius 2 is 1.94 bits per heavy atom. The van der Waals surface area contributed by atoms with E-state index >= 15 is 0 Å². The van der Waals surface area contributed by atoms with Crippen LogP contribution in [-0.2, 0) is 6.42 Å². The van der Waals surface area contributed by atoms with Gasteiger partial charge in [-0.25, -0.2) is 0 Å². The molecule has 1 unspecified atom stereocenters. The van der Waals surface area contributed by atoms with Gasteiger partial charge in [0, 0.05) is 9.90 Å². The van der Waals surface area contributed by atoms with Gasteiger partial charge in [-0.05, 0) is 52.2 Å². The van der Waals surface area contributed by atoms with Crippen molar-refractivity contribution in [3.05, 3.63) is 55.6 Å². The molecule has 0 fully saturated rings. The highest BCUT2D eigenvalue weighted by molar-refractivity contribution is 9.11. The monoisotopic (exact) mass is 330 g/mol. The molecule has 0 aliphatic carbocycles. The van der Waals surface area contributed by atoms with E-state index in [1.54, 1.807) is 11.3 Å². The molecule has 0 saturated heterocycles. The summed E-state index contributed by atoms with van der Waals surface area (Å²) in [7, 11) is 0. The third kappa shape index (κ3) is 3.53. The van der Waals surface area contributed by atoms with Crippen molar-refractivity contribution < 1.29 is 0 Å². The predicted octanol–water partition coefficient (Wildman–Crippen LogP) is 3.91. The average Bonchev–Trinajstić information content (AvgIpc) is 2.75. The summed E-state index contributed by atoms with van der Waals surface area (Å²) in [6.07, 6.45) is 0.848. The molecule has 90 valence electrons. The summed E-state index contributed by atoms with van der Waals surface area (Å²) in [4.78, 5) is 1.22. The molecule has 0 amide bonds. The molecule has 0 aliphatic heterocycles. The van der Waals surface area contributed by atoms with Crippen molar-refractivity contribution in [3.8, 4) is 0 Å². The molecule has 17 heavy (non-hydrogen) atoms. The van der Waals surface area contributed by atoms with Gasteiger partial charge in [0.15, 0.2) is 0 Å². The smallest absolute Gasteiger partial charge is 0.0702 e. The second kappa shape index (κ2) is 5.98. The maximum atomic E-state index is 5.86. The summed E-state index contributed by atoms with van der Waals surface area (Å²) >= 11 is 11.0. The van der Waals surface area contributed by atoms with E-state index in [1.165, 1.54) is 10.4 Å². The minimum atomic E-state index is 0.132. The van der Waals surface area contributed by atoms with Crippen molar-refractivity contribution in [2.45, 2.75) is 12.5 Å². The van der Waals surface area contributed by atoms with Crippen LogP contribution in [0.2, 0.25) is 5.02 Å². The van der Waals surface area contributed by atoms with Crippen LogP contribution in [-0.4, -0.2) is 0 Å². The highest BCUT2D eigenvalue weighted by Gasteiger charge is 2.12. The van der Waals surface area contributed by atoms with Crippen molar-refractivity contribution in [3.63, 3.8) is 0 Å². The molecule has 0 saturated carbocycles. The molecule has 2 rings (SSSR count). The molecular weight excluding hydrogens is 320 g/mol. The van der Waals surface area contributed by atoms with Crippen LogP contribution in [0.4, 0.5) is 0 Å². The van der Waals surface area contributed by atoms with Crippen LogP contribution in [0.1, 0.15) is 16.5 Å². The summed E-state index contributed by atoms with van der Waals surface area (Å²) in [5, 5.41) is 0.755. The van der Waals surface area contributed by atoms with E-state index in [0.717, 1.165) is 15.2 Å². The van der Waals surface area contributed by atoms with Crippen molar-refractivity contribution in [2.75, 3.05) is 0 Å². The van der Waals surface area contributed by atoms with E-state index in [9.17, 15) is 0 Å². The van der Waals surface area contributed by atoms with Gasteiger partial charge in [-0.3, -0.25) is 11.3 Å². The second-order valence-corrected chi connectivity index (χ2v) is 6.62. The predicted molar refractivity (Wildman–Crippen MR) is 77.2 cm³/mol. The Morgan fingerprint density at radius 3 is 2.47 bits per heavy atom. The van der Waals surface area contributed by atoms with Gasteiger partial charge in [-0.2, -0.15) is 0 Å². The lowest BCUT2D eigenvalue weighted by Crippen LogP contribution is -2.28. The molecule has 5 heteroatoms. The number of hydrogen-bond acceptors (Lipinski definition) is 3. The second-order valence-electron chi connectivity index (χ2n) is 3.69. The maximum Gasteiger partial charge on any atom is 0.0702 e. The van der Waals surface area contributed by atoms with E-state index in [-0.39, 0.29) is 6.04 Å². The SMILES string of the molecule is NNC(Cc1ccc(Cl)cc1)c1ccc(Br)s1. The Bertz CT molecular complexity index is 484. The zero-order chi connectivity index (χ0) is 12.3. The van der Waals surface area contributed by atoms with Crippen LogP contribution in [0.15, 0.2) is 40.2 Å². The van der Waals surface area contributed by atoms with Crippen LogP contribution in [0.5, 0.6) is 0 Å². The van der Waals surface area contributed by atoms with Gasteiger partial charge in [0.2, 0.25) is 0 Å². The fraction of sp³-hybridized carbons (Fsp3) is 0.167. The quantitative estimate of drug-likeness (QED) is 0.658. The summed E-state index contributed by atoms with van der Waals surface area (Å²) in [6, 6.07) is 12.1. The first kappa shape index (κ1) is 13.1. The first-order chi connectivity index (χ1) is 8.19. The lowest BCUT2D eigenvalue weighted by atomic mass is 10.1. The number of hydrogen-bond donors (Lipinski definition) is 2. The topological polar surface area (TPSA) is 38.0 Å². The fourth-order valence-corrected chi connectivity index (χ4v) is 3.22. The molecule has 0 radical (unpaired) electrons. The van der Waals surface area contributed by atoms with Crippen LogP contribution in [0, 0.1) is 0 Å². The first-order valence-electron chi connectivity index (χ1n) is 5.15.